The average molecular weight is 341 g/mol. The summed E-state index contributed by atoms with van der Waals surface area (Å²) in [6.07, 6.45) is 0.814. The summed E-state index contributed by atoms with van der Waals surface area (Å²) >= 11 is 0. The van der Waals surface area contributed by atoms with Crippen molar-refractivity contribution in [3.63, 3.8) is 0 Å². The van der Waals surface area contributed by atoms with E-state index in [1.807, 2.05) is 6.07 Å². The highest BCUT2D eigenvalue weighted by Gasteiger charge is 2.32. The molecule has 0 atom stereocenters. The molecule has 1 N–H and O–H groups in total. The zero-order valence-electron chi connectivity index (χ0n) is 13.7. The molecule has 1 aliphatic rings. The van der Waals surface area contributed by atoms with Gasteiger partial charge in [0.2, 0.25) is 9.84 Å². The number of hydrogen-bond donors (Lipinski definition) is 1. The van der Waals surface area contributed by atoms with Gasteiger partial charge in [-0.05, 0) is 44.2 Å². The molecule has 0 aliphatic carbocycles. The van der Waals surface area contributed by atoms with Gasteiger partial charge in [0.25, 0.3) is 0 Å². The third-order valence-electron chi connectivity index (χ3n) is 4.64. The second kappa shape index (κ2) is 5.19. The summed E-state index contributed by atoms with van der Waals surface area (Å²) in [5, 5.41) is 4.35. The normalized spacial score (nSPS) is 16.9. The molecule has 0 fully saturated rings. The topological polar surface area (TPSA) is 59.3 Å². The summed E-state index contributed by atoms with van der Waals surface area (Å²) in [5.41, 5.74) is 1.56. The molecular weight excluding hydrogens is 322 g/mol. The molecule has 3 aromatic rings. The van der Waals surface area contributed by atoms with Gasteiger partial charge in [-0.1, -0.05) is 18.2 Å². The van der Waals surface area contributed by atoms with E-state index >= 15 is 0 Å². The van der Waals surface area contributed by atoms with E-state index in [4.69, 9.17) is 4.42 Å². The van der Waals surface area contributed by atoms with Gasteiger partial charge in [-0.3, -0.25) is 0 Å². The van der Waals surface area contributed by atoms with Crippen molar-refractivity contribution in [2.45, 2.75) is 35.6 Å². The highest BCUT2D eigenvalue weighted by Crippen LogP contribution is 2.38. The van der Waals surface area contributed by atoms with E-state index in [9.17, 15) is 8.42 Å². The molecule has 124 valence electrons. The Kier molecular flexibility index (Phi) is 3.34. The molecule has 1 aliphatic heterocycles. The summed E-state index contributed by atoms with van der Waals surface area (Å²) < 4.78 is 31.7. The lowest BCUT2D eigenvalue weighted by atomic mass is 9.88. The zero-order chi connectivity index (χ0) is 16.9. The van der Waals surface area contributed by atoms with Crippen molar-refractivity contribution in [1.82, 2.24) is 5.32 Å². The minimum absolute atomic E-state index is 0.242. The smallest absolute Gasteiger partial charge is 0.206 e. The van der Waals surface area contributed by atoms with E-state index in [1.165, 1.54) is 0 Å². The lowest BCUT2D eigenvalue weighted by molar-refractivity contribution is 0.358. The van der Waals surface area contributed by atoms with Gasteiger partial charge in [-0.15, -0.1) is 0 Å². The van der Waals surface area contributed by atoms with E-state index in [1.54, 1.807) is 42.5 Å². The molecule has 5 heteroatoms. The number of furan rings is 1. The third kappa shape index (κ3) is 2.27. The predicted molar refractivity (Wildman–Crippen MR) is 92.8 cm³/mol. The molecule has 24 heavy (non-hydrogen) atoms. The summed E-state index contributed by atoms with van der Waals surface area (Å²) in [6, 6.07) is 13.7. The minimum Gasteiger partial charge on any atom is -0.461 e. The summed E-state index contributed by atoms with van der Waals surface area (Å²) in [6.45, 7) is 5.05. The summed E-state index contributed by atoms with van der Waals surface area (Å²) in [5.74, 6) is 0.947. The van der Waals surface area contributed by atoms with Gasteiger partial charge in [-0.2, -0.15) is 0 Å². The van der Waals surface area contributed by atoms with Gasteiger partial charge in [0.05, 0.1) is 9.79 Å². The maximum atomic E-state index is 12.9. The van der Waals surface area contributed by atoms with Crippen molar-refractivity contribution >= 4 is 20.8 Å². The molecule has 0 saturated carbocycles. The second-order valence-electron chi connectivity index (χ2n) is 6.68. The second-order valence-corrected chi connectivity index (χ2v) is 8.63. The number of fused-ring (bicyclic) bond motifs is 3. The summed E-state index contributed by atoms with van der Waals surface area (Å²) in [7, 11) is -3.53. The van der Waals surface area contributed by atoms with Crippen LogP contribution in [0.25, 0.3) is 11.0 Å². The van der Waals surface area contributed by atoms with Crippen LogP contribution in [0, 0.1) is 0 Å². The number of rotatable bonds is 2. The van der Waals surface area contributed by atoms with Crippen LogP contribution in [0.4, 0.5) is 0 Å². The molecule has 4 rings (SSSR count). The molecule has 0 saturated heterocycles. The van der Waals surface area contributed by atoms with Crippen LogP contribution in [-0.4, -0.2) is 15.0 Å². The first kappa shape index (κ1) is 15.4. The fourth-order valence-corrected chi connectivity index (χ4v) is 4.78. The predicted octanol–water partition coefficient (Wildman–Crippen LogP) is 3.65. The number of sulfone groups is 1. The first-order chi connectivity index (χ1) is 11.4. The zero-order valence-corrected chi connectivity index (χ0v) is 14.5. The Morgan fingerprint density at radius 1 is 1.04 bits per heavy atom. The van der Waals surface area contributed by atoms with E-state index in [0.717, 1.165) is 35.3 Å². The SMILES string of the molecule is CC1(C)NCCc2oc3ccc(S(=O)(=O)c4ccccc4)cc3c21. The van der Waals surface area contributed by atoms with Crippen LogP contribution < -0.4 is 5.32 Å². The lowest BCUT2D eigenvalue weighted by Crippen LogP contribution is -2.41. The van der Waals surface area contributed by atoms with Gasteiger partial charge in [0.1, 0.15) is 11.3 Å². The van der Waals surface area contributed by atoms with Crippen molar-refractivity contribution in [1.29, 1.82) is 0 Å². The molecule has 0 spiro atoms. The minimum atomic E-state index is -3.53. The van der Waals surface area contributed by atoms with Crippen LogP contribution in [0.2, 0.25) is 0 Å². The van der Waals surface area contributed by atoms with Crippen LogP contribution >= 0.6 is 0 Å². The monoisotopic (exact) mass is 341 g/mol. The average Bonchev–Trinajstić information content (AvgIpc) is 2.94. The van der Waals surface area contributed by atoms with Gasteiger partial charge in [0, 0.05) is 29.5 Å². The first-order valence-electron chi connectivity index (χ1n) is 8.01. The maximum absolute atomic E-state index is 12.9. The molecular formula is C19H19NO3S. The standard InChI is InChI=1S/C19H19NO3S/c1-19(2)18-15-12-14(24(21,22)13-6-4-3-5-7-13)8-9-16(15)23-17(18)10-11-20-19/h3-9,12,20H,10-11H2,1-2H3. The van der Waals surface area contributed by atoms with Gasteiger partial charge < -0.3 is 9.73 Å². The fourth-order valence-electron chi connectivity index (χ4n) is 3.47. The highest BCUT2D eigenvalue weighted by atomic mass is 32.2. The lowest BCUT2D eigenvalue weighted by Gasteiger charge is -2.31. The van der Waals surface area contributed by atoms with Crippen molar-refractivity contribution in [2.75, 3.05) is 6.54 Å². The van der Waals surface area contributed by atoms with E-state index in [2.05, 4.69) is 19.2 Å². The Labute approximate surface area is 141 Å². The molecule has 0 radical (unpaired) electrons. The third-order valence-corrected chi connectivity index (χ3v) is 6.41. The molecule has 2 heterocycles. The first-order valence-corrected chi connectivity index (χ1v) is 9.49. The van der Waals surface area contributed by atoms with E-state index < -0.39 is 9.84 Å². The van der Waals surface area contributed by atoms with Gasteiger partial charge in [-0.25, -0.2) is 8.42 Å². The maximum Gasteiger partial charge on any atom is 0.206 e. The molecule has 2 aromatic carbocycles. The van der Waals surface area contributed by atoms with Crippen LogP contribution in [0.5, 0.6) is 0 Å². The molecule has 4 nitrogen and oxygen atoms in total. The Morgan fingerprint density at radius 2 is 1.79 bits per heavy atom. The van der Waals surface area contributed by atoms with Gasteiger partial charge >= 0.3 is 0 Å². The highest BCUT2D eigenvalue weighted by molar-refractivity contribution is 7.91. The Bertz CT molecular complexity index is 1020. The fraction of sp³-hybridized carbons (Fsp3) is 0.263. The van der Waals surface area contributed by atoms with Crippen molar-refractivity contribution in [2.24, 2.45) is 0 Å². The van der Waals surface area contributed by atoms with Crippen molar-refractivity contribution < 1.29 is 12.8 Å². The Hall–Kier alpha value is -2.11. The van der Waals surface area contributed by atoms with Crippen molar-refractivity contribution in [3.8, 4) is 0 Å². The molecule has 1 aromatic heterocycles. The molecule has 0 amide bonds. The Morgan fingerprint density at radius 3 is 2.54 bits per heavy atom. The van der Waals surface area contributed by atoms with Crippen LogP contribution in [0.15, 0.2) is 62.7 Å². The van der Waals surface area contributed by atoms with E-state index in [0.29, 0.717) is 9.79 Å². The number of hydrogen-bond acceptors (Lipinski definition) is 4. The van der Waals surface area contributed by atoms with Crippen LogP contribution in [0.1, 0.15) is 25.2 Å². The molecule has 0 bridgehead atoms. The summed E-state index contributed by atoms with van der Waals surface area (Å²) in [4.78, 5) is 0.602. The Balaban J connectivity index is 1.94. The number of nitrogens with one attached hydrogen (secondary N) is 1. The number of benzene rings is 2. The van der Waals surface area contributed by atoms with Crippen LogP contribution in [-0.2, 0) is 21.8 Å². The quantitative estimate of drug-likeness (QED) is 0.773. The van der Waals surface area contributed by atoms with Crippen LogP contribution in [0.3, 0.4) is 0 Å². The molecule has 0 unspecified atom stereocenters. The largest absolute Gasteiger partial charge is 0.461 e. The van der Waals surface area contributed by atoms with Crippen molar-refractivity contribution in [3.05, 3.63) is 59.9 Å². The van der Waals surface area contributed by atoms with E-state index in [-0.39, 0.29) is 5.54 Å². The van der Waals surface area contributed by atoms with Gasteiger partial charge in [0.15, 0.2) is 0 Å².